The standard InChI is InChI=1S/C44H43NO4/c1-8-33-12-14-34(15-13-33)35-16-22-38(23-17-35)45(40-21-11-29(4)30(5)27-40)39-24-18-36(19-25-39)37-20-26-41(31(6)48-43(46)9-2)42(28-37)32(7)49-44(47)10-3/h9-28,31-32H,2-3,8H2,1,4-7H3. The Bertz CT molecular complexity index is 1960. The number of esters is 2. The molecule has 0 saturated heterocycles. The van der Waals surface area contributed by atoms with Gasteiger partial charge in [0.15, 0.2) is 0 Å². The van der Waals surface area contributed by atoms with Crippen molar-refractivity contribution in [2.45, 2.75) is 53.2 Å². The van der Waals surface area contributed by atoms with Gasteiger partial charge in [0.05, 0.1) is 0 Å². The third-order valence-corrected chi connectivity index (χ3v) is 8.91. The molecule has 248 valence electrons. The number of nitrogens with zero attached hydrogens (tertiary/aromatic N) is 1. The van der Waals surface area contributed by atoms with Gasteiger partial charge in [-0.3, -0.25) is 0 Å². The van der Waals surface area contributed by atoms with Gasteiger partial charge in [0.1, 0.15) is 12.2 Å². The van der Waals surface area contributed by atoms with Crippen LogP contribution in [0.2, 0.25) is 0 Å². The molecule has 0 spiro atoms. The summed E-state index contributed by atoms with van der Waals surface area (Å²) in [6.45, 7) is 17.0. The molecule has 0 fully saturated rings. The van der Waals surface area contributed by atoms with Crippen LogP contribution in [-0.2, 0) is 25.5 Å². The van der Waals surface area contributed by atoms with Crippen molar-refractivity contribution in [1.82, 2.24) is 0 Å². The fourth-order valence-electron chi connectivity index (χ4n) is 5.90. The number of hydrogen-bond donors (Lipinski definition) is 0. The van der Waals surface area contributed by atoms with E-state index in [9.17, 15) is 9.59 Å². The van der Waals surface area contributed by atoms with Crippen LogP contribution in [0.1, 0.15) is 60.8 Å². The minimum absolute atomic E-state index is 0.526. The van der Waals surface area contributed by atoms with Gasteiger partial charge in [0.25, 0.3) is 0 Å². The molecule has 5 aromatic rings. The van der Waals surface area contributed by atoms with Crippen molar-refractivity contribution in [2.24, 2.45) is 0 Å². The van der Waals surface area contributed by atoms with Crippen LogP contribution < -0.4 is 4.90 Å². The van der Waals surface area contributed by atoms with Crippen molar-refractivity contribution in [1.29, 1.82) is 0 Å². The lowest BCUT2D eigenvalue weighted by Crippen LogP contribution is -2.13. The molecule has 0 amide bonds. The van der Waals surface area contributed by atoms with Crippen molar-refractivity contribution in [3.05, 3.63) is 162 Å². The first kappa shape index (κ1) is 34.6. The highest BCUT2D eigenvalue weighted by Gasteiger charge is 2.21. The first-order valence-corrected chi connectivity index (χ1v) is 16.6. The smallest absolute Gasteiger partial charge is 0.330 e. The van der Waals surface area contributed by atoms with Crippen LogP contribution in [0.3, 0.4) is 0 Å². The van der Waals surface area contributed by atoms with Crippen LogP contribution in [0.15, 0.2) is 135 Å². The number of benzene rings is 5. The Morgan fingerprint density at radius 2 is 1.04 bits per heavy atom. The van der Waals surface area contributed by atoms with Crippen molar-refractivity contribution < 1.29 is 19.1 Å². The molecule has 0 N–H and O–H groups in total. The highest BCUT2D eigenvalue weighted by atomic mass is 16.5. The molecule has 0 heterocycles. The highest BCUT2D eigenvalue weighted by Crippen LogP contribution is 2.38. The molecule has 5 rings (SSSR count). The van der Waals surface area contributed by atoms with Gasteiger partial charge in [-0.05, 0) is 127 Å². The Hall–Kier alpha value is -5.68. The Labute approximate surface area is 290 Å². The van der Waals surface area contributed by atoms with Crippen LogP contribution in [0.25, 0.3) is 22.3 Å². The topological polar surface area (TPSA) is 55.8 Å². The summed E-state index contributed by atoms with van der Waals surface area (Å²) in [4.78, 5) is 26.3. The molecular weight excluding hydrogens is 606 g/mol. The summed E-state index contributed by atoms with van der Waals surface area (Å²) in [5.74, 6) is -1.06. The first-order valence-electron chi connectivity index (χ1n) is 16.6. The van der Waals surface area contributed by atoms with Gasteiger partial charge in [-0.1, -0.05) is 86.8 Å². The SMILES string of the molecule is C=CC(=O)OC(C)c1ccc(-c2ccc(N(c3ccc(-c4ccc(CC)cc4)cc3)c3ccc(C)c(C)c3)cc2)cc1C(C)OC(=O)C=C. The number of anilines is 3. The van der Waals surface area contributed by atoms with Crippen molar-refractivity contribution in [3.63, 3.8) is 0 Å². The van der Waals surface area contributed by atoms with Crippen molar-refractivity contribution in [2.75, 3.05) is 4.90 Å². The quantitative estimate of drug-likeness (QED) is 0.0994. The van der Waals surface area contributed by atoms with Gasteiger partial charge in [-0.2, -0.15) is 0 Å². The summed E-state index contributed by atoms with van der Waals surface area (Å²) >= 11 is 0. The number of aryl methyl sites for hydroxylation is 3. The van der Waals surface area contributed by atoms with Crippen molar-refractivity contribution >= 4 is 29.0 Å². The number of carbonyl (C=O) groups is 2. The summed E-state index contributed by atoms with van der Waals surface area (Å²) in [7, 11) is 0. The molecule has 0 aliphatic carbocycles. The van der Waals surface area contributed by atoms with E-state index in [0.717, 1.165) is 57.9 Å². The predicted octanol–water partition coefficient (Wildman–Crippen LogP) is 11.3. The Kier molecular flexibility index (Phi) is 10.9. The highest BCUT2D eigenvalue weighted by molar-refractivity contribution is 5.83. The number of carbonyl (C=O) groups excluding carboxylic acids is 2. The second-order valence-corrected chi connectivity index (χ2v) is 12.2. The summed E-state index contributed by atoms with van der Waals surface area (Å²) in [6.07, 6.45) is 2.12. The molecular formula is C44H43NO4. The minimum Gasteiger partial charge on any atom is -0.455 e. The van der Waals surface area contributed by atoms with E-state index in [0.29, 0.717) is 0 Å². The van der Waals surface area contributed by atoms with Crippen molar-refractivity contribution in [3.8, 4) is 22.3 Å². The fraction of sp³-hybridized carbons (Fsp3) is 0.182. The summed E-state index contributed by atoms with van der Waals surface area (Å²) in [5, 5.41) is 0. The number of ether oxygens (including phenoxy) is 2. The molecule has 5 nitrogen and oxygen atoms in total. The molecule has 0 saturated carbocycles. The average Bonchev–Trinajstić information content (AvgIpc) is 3.13. The predicted molar refractivity (Wildman–Crippen MR) is 200 cm³/mol. The maximum atomic E-state index is 12.1. The Morgan fingerprint density at radius 1 is 0.592 bits per heavy atom. The zero-order chi connectivity index (χ0) is 35.1. The molecule has 5 heteroatoms. The van der Waals surface area contributed by atoms with Crippen LogP contribution >= 0.6 is 0 Å². The van der Waals surface area contributed by atoms with Crippen LogP contribution in [0, 0.1) is 13.8 Å². The van der Waals surface area contributed by atoms with Crippen LogP contribution in [0.4, 0.5) is 17.1 Å². The van der Waals surface area contributed by atoms with Crippen LogP contribution in [-0.4, -0.2) is 11.9 Å². The minimum atomic E-state index is -0.600. The van der Waals surface area contributed by atoms with E-state index < -0.39 is 24.1 Å². The molecule has 49 heavy (non-hydrogen) atoms. The molecule has 0 aromatic heterocycles. The second kappa shape index (κ2) is 15.5. The average molecular weight is 650 g/mol. The Balaban J connectivity index is 1.51. The molecule has 0 aliphatic heterocycles. The fourth-order valence-corrected chi connectivity index (χ4v) is 5.90. The van der Waals surface area contributed by atoms with Gasteiger partial charge in [-0.25, -0.2) is 9.59 Å². The van der Waals surface area contributed by atoms with E-state index in [4.69, 9.17) is 9.47 Å². The zero-order valence-electron chi connectivity index (χ0n) is 28.9. The normalized spacial score (nSPS) is 12.0. The zero-order valence-corrected chi connectivity index (χ0v) is 28.9. The van der Waals surface area contributed by atoms with Gasteiger partial charge in [0, 0.05) is 29.2 Å². The first-order chi connectivity index (χ1) is 23.6. The summed E-state index contributed by atoms with van der Waals surface area (Å²) < 4.78 is 11.1. The molecule has 0 radical (unpaired) electrons. The second-order valence-electron chi connectivity index (χ2n) is 12.2. The third-order valence-electron chi connectivity index (χ3n) is 8.91. The molecule has 2 unspecified atom stereocenters. The van der Waals surface area contributed by atoms with E-state index in [-0.39, 0.29) is 0 Å². The molecule has 0 aliphatic rings. The largest absolute Gasteiger partial charge is 0.455 e. The van der Waals surface area contributed by atoms with E-state index in [2.05, 4.69) is 130 Å². The van der Waals surface area contributed by atoms with Gasteiger partial charge >= 0.3 is 11.9 Å². The lowest BCUT2D eigenvalue weighted by atomic mass is 9.94. The van der Waals surface area contributed by atoms with E-state index in [1.807, 2.05) is 18.2 Å². The van der Waals surface area contributed by atoms with Crippen LogP contribution in [0.5, 0.6) is 0 Å². The summed E-state index contributed by atoms with van der Waals surface area (Å²) in [5.41, 5.74) is 12.7. The van der Waals surface area contributed by atoms with Gasteiger partial charge in [-0.15, -0.1) is 0 Å². The monoisotopic (exact) mass is 649 g/mol. The number of hydrogen-bond acceptors (Lipinski definition) is 5. The van der Waals surface area contributed by atoms with E-state index in [1.165, 1.54) is 27.8 Å². The summed E-state index contributed by atoms with van der Waals surface area (Å²) in [6, 6.07) is 38.3. The van der Waals surface area contributed by atoms with Gasteiger partial charge < -0.3 is 14.4 Å². The molecule has 0 bridgehead atoms. The number of rotatable bonds is 12. The van der Waals surface area contributed by atoms with Gasteiger partial charge in [0.2, 0.25) is 0 Å². The lowest BCUT2D eigenvalue weighted by molar-refractivity contribution is -0.144. The lowest BCUT2D eigenvalue weighted by Gasteiger charge is -2.27. The van der Waals surface area contributed by atoms with E-state index in [1.54, 1.807) is 13.8 Å². The van der Waals surface area contributed by atoms with E-state index >= 15 is 0 Å². The molecule has 5 aromatic carbocycles. The molecule has 2 atom stereocenters. The Morgan fingerprint density at radius 3 is 1.53 bits per heavy atom. The maximum absolute atomic E-state index is 12.1. The third kappa shape index (κ3) is 8.07. The maximum Gasteiger partial charge on any atom is 0.330 e.